The lowest BCUT2D eigenvalue weighted by atomic mass is 9.93. The molecule has 0 aromatic heterocycles. The van der Waals surface area contributed by atoms with Crippen molar-refractivity contribution in [2.24, 2.45) is 0 Å². The van der Waals surface area contributed by atoms with Crippen LogP contribution in [0.15, 0.2) is 48.5 Å². The predicted octanol–water partition coefficient (Wildman–Crippen LogP) is 3.97. The molecule has 2 aromatic rings. The van der Waals surface area contributed by atoms with Crippen LogP contribution in [0.5, 0.6) is 0 Å². The lowest BCUT2D eigenvalue weighted by Crippen LogP contribution is -2.07. The van der Waals surface area contributed by atoms with Crippen molar-refractivity contribution in [2.75, 3.05) is 0 Å². The van der Waals surface area contributed by atoms with Crippen LogP contribution in [0.1, 0.15) is 17.2 Å². The van der Waals surface area contributed by atoms with E-state index in [4.69, 9.17) is 16.3 Å². The van der Waals surface area contributed by atoms with E-state index >= 15 is 0 Å². The van der Waals surface area contributed by atoms with E-state index in [1.807, 2.05) is 18.2 Å². The number of rotatable bonds is 2. The fourth-order valence-electron chi connectivity index (χ4n) is 2.19. The van der Waals surface area contributed by atoms with Gasteiger partial charge in [-0.25, -0.2) is 4.39 Å². The van der Waals surface area contributed by atoms with Crippen molar-refractivity contribution in [3.8, 4) is 6.07 Å². The van der Waals surface area contributed by atoms with Gasteiger partial charge >= 0.3 is 0 Å². The number of epoxide rings is 1. The predicted molar refractivity (Wildman–Crippen MR) is 69.0 cm³/mol. The number of nitrogens with zero attached hydrogens (tertiary/aromatic N) is 1. The maximum Gasteiger partial charge on any atom is 0.210 e. The summed E-state index contributed by atoms with van der Waals surface area (Å²) < 4.78 is 18.5. The van der Waals surface area contributed by atoms with Crippen LogP contribution in [-0.4, -0.2) is 0 Å². The second kappa shape index (κ2) is 4.34. The van der Waals surface area contributed by atoms with Crippen molar-refractivity contribution >= 4 is 11.6 Å². The van der Waals surface area contributed by atoms with Gasteiger partial charge in [-0.2, -0.15) is 5.26 Å². The third kappa shape index (κ3) is 1.90. The van der Waals surface area contributed by atoms with E-state index in [9.17, 15) is 9.65 Å². The first-order chi connectivity index (χ1) is 9.17. The molecule has 1 saturated heterocycles. The van der Waals surface area contributed by atoms with Gasteiger partial charge in [-0.15, -0.1) is 0 Å². The van der Waals surface area contributed by atoms with E-state index in [2.05, 4.69) is 6.07 Å². The molecule has 2 aromatic carbocycles. The first-order valence-corrected chi connectivity index (χ1v) is 6.15. The Morgan fingerprint density at radius 2 is 1.84 bits per heavy atom. The quantitative estimate of drug-likeness (QED) is 0.776. The average molecular weight is 274 g/mol. The van der Waals surface area contributed by atoms with Crippen LogP contribution in [0.3, 0.4) is 0 Å². The highest BCUT2D eigenvalue weighted by Gasteiger charge is 2.60. The lowest BCUT2D eigenvalue weighted by molar-refractivity contribution is 0.340. The Labute approximate surface area is 115 Å². The van der Waals surface area contributed by atoms with Gasteiger partial charge in [-0.1, -0.05) is 41.9 Å². The third-order valence-electron chi connectivity index (χ3n) is 3.24. The van der Waals surface area contributed by atoms with Crippen molar-refractivity contribution in [3.63, 3.8) is 0 Å². The first kappa shape index (κ1) is 12.2. The minimum absolute atomic E-state index is 0.341. The summed E-state index contributed by atoms with van der Waals surface area (Å²) >= 11 is 6.11. The topological polar surface area (TPSA) is 36.3 Å². The van der Waals surface area contributed by atoms with E-state index in [0.29, 0.717) is 10.6 Å². The summed E-state index contributed by atoms with van der Waals surface area (Å²) in [4.78, 5) is 0. The minimum atomic E-state index is -1.06. The normalized spacial score (nSPS) is 24.8. The number of ether oxygens (including phenoxy) is 1. The molecule has 0 aliphatic carbocycles. The molecule has 1 fully saturated rings. The fraction of sp³-hybridized carbons (Fsp3) is 0.133. The Balaban J connectivity index is 1.99. The first-order valence-electron chi connectivity index (χ1n) is 5.77. The van der Waals surface area contributed by atoms with Crippen LogP contribution in [0.2, 0.25) is 5.02 Å². The highest BCUT2D eigenvalue weighted by atomic mass is 35.5. The Morgan fingerprint density at radius 1 is 1.16 bits per heavy atom. The molecule has 4 heteroatoms. The molecule has 0 unspecified atom stereocenters. The lowest BCUT2D eigenvalue weighted by Gasteiger charge is -2.05. The Bertz CT molecular complexity index is 665. The summed E-state index contributed by atoms with van der Waals surface area (Å²) in [5.41, 5.74) is 0.356. The Morgan fingerprint density at radius 3 is 2.47 bits per heavy atom. The van der Waals surface area contributed by atoms with Gasteiger partial charge in [-0.05, 0) is 18.2 Å². The molecule has 2 atom stereocenters. The van der Waals surface area contributed by atoms with Gasteiger partial charge in [0.15, 0.2) is 0 Å². The summed E-state index contributed by atoms with van der Waals surface area (Å²) in [5.74, 6) is -0.341. The highest BCUT2D eigenvalue weighted by molar-refractivity contribution is 6.31. The van der Waals surface area contributed by atoms with Gasteiger partial charge in [0, 0.05) is 16.1 Å². The molecular formula is C15H9ClFNO. The molecule has 0 N–H and O–H groups in total. The summed E-state index contributed by atoms with van der Waals surface area (Å²) in [7, 11) is 0. The van der Waals surface area contributed by atoms with Crippen LogP contribution in [0.25, 0.3) is 0 Å². The average Bonchev–Trinajstić information content (AvgIpc) is 3.16. The molecule has 19 heavy (non-hydrogen) atoms. The molecule has 0 bridgehead atoms. The van der Waals surface area contributed by atoms with Gasteiger partial charge in [0.25, 0.3) is 0 Å². The fourth-order valence-corrected chi connectivity index (χ4v) is 2.42. The van der Waals surface area contributed by atoms with Crippen molar-refractivity contribution < 1.29 is 9.13 Å². The van der Waals surface area contributed by atoms with E-state index in [-0.39, 0.29) is 5.82 Å². The largest absolute Gasteiger partial charge is 0.340 e. The van der Waals surface area contributed by atoms with Crippen LogP contribution in [0.4, 0.5) is 4.39 Å². The second-order valence-electron chi connectivity index (χ2n) is 4.37. The van der Waals surface area contributed by atoms with Gasteiger partial charge in [0.1, 0.15) is 18.0 Å². The number of hydrogen-bond acceptors (Lipinski definition) is 2. The standard InChI is InChI=1S/C15H9ClFNO/c16-13-4-2-1-3-12(13)14-15(9-18,19-14)10-5-7-11(17)8-6-10/h1-8,14H/t14-,15-/m1/s1. The molecule has 0 amide bonds. The van der Waals surface area contributed by atoms with Gasteiger partial charge < -0.3 is 4.74 Å². The summed E-state index contributed by atoms with van der Waals surface area (Å²) in [6, 6.07) is 15.2. The molecule has 2 nitrogen and oxygen atoms in total. The molecule has 0 spiro atoms. The Kier molecular flexibility index (Phi) is 2.78. The molecular weight excluding hydrogens is 265 g/mol. The zero-order chi connectivity index (χ0) is 13.5. The van der Waals surface area contributed by atoms with E-state index in [1.165, 1.54) is 12.1 Å². The van der Waals surface area contributed by atoms with E-state index < -0.39 is 11.7 Å². The van der Waals surface area contributed by atoms with E-state index in [1.54, 1.807) is 18.2 Å². The maximum atomic E-state index is 12.9. The van der Waals surface area contributed by atoms with E-state index in [0.717, 1.165) is 5.56 Å². The molecule has 0 radical (unpaired) electrons. The van der Waals surface area contributed by atoms with Crippen molar-refractivity contribution in [2.45, 2.75) is 11.7 Å². The van der Waals surface area contributed by atoms with Crippen LogP contribution < -0.4 is 0 Å². The molecule has 1 heterocycles. The molecule has 1 aliphatic heterocycles. The Hall–Kier alpha value is -1.89. The monoisotopic (exact) mass is 273 g/mol. The SMILES string of the molecule is N#C[C@]1(c2ccc(F)cc2)O[C@@H]1c1ccccc1Cl. The summed E-state index contributed by atoms with van der Waals surface area (Å²) in [5, 5.41) is 9.95. The minimum Gasteiger partial charge on any atom is -0.340 e. The van der Waals surface area contributed by atoms with Crippen LogP contribution in [-0.2, 0) is 10.3 Å². The number of hydrogen-bond donors (Lipinski definition) is 0. The van der Waals surface area contributed by atoms with Crippen molar-refractivity contribution in [3.05, 3.63) is 70.5 Å². The van der Waals surface area contributed by atoms with Crippen molar-refractivity contribution in [1.82, 2.24) is 0 Å². The summed E-state index contributed by atoms with van der Waals surface area (Å²) in [6.07, 6.45) is -0.406. The third-order valence-corrected chi connectivity index (χ3v) is 3.59. The molecule has 3 rings (SSSR count). The maximum absolute atomic E-state index is 12.9. The zero-order valence-electron chi connectivity index (χ0n) is 9.81. The van der Waals surface area contributed by atoms with Crippen LogP contribution >= 0.6 is 11.6 Å². The van der Waals surface area contributed by atoms with Crippen molar-refractivity contribution in [1.29, 1.82) is 5.26 Å². The zero-order valence-corrected chi connectivity index (χ0v) is 10.6. The number of halogens is 2. The second-order valence-corrected chi connectivity index (χ2v) is 4.78. The molecule has 94 valence electrons. The van der Waals surface area contributed by atoms with Gasteiger partial charge in [0.2, 0.25) is 5.60 Å². The smallest absolute Gasteiger partial charge is 0.210 e. The summed E-state index contributed by atoms with van der Waals surface area (Å²) in [6.45, 7) is 0. The number of nitriles is 1. The van der Waals surface area contributed by atoms with Gasteiger partial charge in [-0.3, -0.25) is 0 Å². The van der Waals surface area contributed by atoms with Crippen LogP contribution in [0, 0.1) is 17.1 Å². The van der Waals surface area contributed by atoms with Gasteiger partial charge in [0.05, 0.1) is 0 Å². The molecule has 1 aliphatic rings. The number of benzene rings is 2. The molecule has 0 saturated carbocycles. The highest BCUT2D eigenvalue weighted by Crippen LogP contribution is 2.57.